The van der Waals surface area contributed by atoms with Crippen LogP contribution in [0.2, 0.25) is 0 Å². The number of rotatable bonds is 2. The molecule has 0 atom stereocenters. The third kappa shape index (κ3) is 4.34. The molecule has 17 heavy (non-hydrogen) atoms. The fraction of sp³-hybridized carbons (Fsp3) is 0.500. The molecule has 0 unspecified atom stereocenters. The van der Waals surface area contributed by atoms with Gasteiger partial charge in [-0.15, -0.1) is 0 Å². The van der Waals surface area contributed by atoms with Crippen LogP contribution in [0, 0.1) is 22.3 Å². The molecule has 1 aromatic carbocycles. The number of hydrogen-bond acceptors (Lipinski definition) is 0. The zero-order chi connectivity index (χ0) is 9.26. The summed E-state index contributed by atoms with van der Waals surface area (Å²) in [7, 11) is 0. The summed E-state index contributed by atoms with van der Waals surface area (Å²) in [4.78, 5) is 0. The predicted octanol–water partition coefficient (Wildman–Crippen LogP) is 4.76. The molecule has 96 valence electrons. The first-order valence-electron chi connectivity index (χ1n) is 5.66. The Labute approximate surface area is 124 Å². The van der Waals surface area contributed by atoms with Gasteiger partial charge in [-0.05, 0) is 0 Å². The molecular weight excluding hydrogens is 240 g/mol. The van der Waals surface area contributed by atoms with Crippen LogP contribution >= 0.6 is 0 Å². The normalized spacial score (nSPS) is 12.1. The van der Waals surface area contributed by atoms with Gasteiger partial charge in [0.2, 0.25) is 0 Å². The van der Waals surface area contributed by atoms with E-state index in [1.165, 1.54) is 38.5 Å². The van der Waals surface area contributed by atoms with Crippen molar-refractivity contribution in [1.29, 1.82) is 0 Å². The maximum atomic E-state index is 2.47. The van der Waals surface area contributed by atoms with Gasteiger partial charge >= 0.3 is 21.7 Å². The molecule has 1 aliphatic rings. The molecule has 0 aliphatic heterocycles. The molecule has 0 radical (unpaired) electrons. The van der Waals surface area contributed by atoms with E-state index < -0.39 is 0 Å². The minimum Gasteiger partial charge on any atom is -0.358 e. The van der Waals surface area contributed by atoms with Gasteiger partial charge in [-0.3, -0.25) is 0 Å². The van der Waals surface area contributed by atoms with Crippen molar-refractivity contribution in [2.75, 3.05) is 0 Å². The Bertz CT molecular complexity index is 286. The van der Waals surface area contributed by atoms with Gasteiger partial charge in [0.15, 0.2) is 0 Å². The molecule has 0 saturated heterocycles. The zero-order valence-corrected chi connectivity index (χ0v) is 13.9. The molecule has 0 saturated carbocycles. The van der Waals surface area contributed by atoms with E-state index >= 15 is 0 Å². The summed E-state index contributed by atoms with van der Waals surface area (Å²) in [6, 6.07) is 2.47. The summed E-state index contributed by atoms with van der Waals surface area (Å²) in [5, 5.41) is 0. The van der Waals surface area contributed by atoms with E-state index in [1.54, 1.807) is 22.3 Å². The maximum absolute atomic E-state index is 2.47. The van der Waals surface area contributed by atoms with E-state index in [4.69, 9.17) is 0 Å². The molecule has 0 bridgehead atoms. The van der Waals surface area contributed by atoms with E-state index in [2.05, 4.69) is 19.9 Å². The minimum atomic E-state index is 0. The van der Waals surface area contributed by atoms with Crippen LogP contribution in [0.25, 0.3) is 0 Å². The van der Waals surface area contributed by atoms with E-state index in [9.17, 15) is 0 Å². The van der Waals surface area contributed by atoms with Crippen LogP contribution in [-0.2, 0) is 47.4 Å². The van der Waals surface area contributed by atoms with Gasteiger partial charge in [0.05, 0.1) is 0 Å². The van der Waals surface area contributed by atoms with Crippen LogP contribution in [0.15, 0.2) is 6.07 Å². The van der Waals surface area contributed by atoms with E-state index in [0.717, 1.165) is 0 Å². The number of hydrogen-bond donors (Lipinski definition) is 0. The van der Waals surface area contributed by atoms with Crippen molar-refractivity contribution in [3.8, 4) is 0 Å². The molecule has 0 spiro atoms. The van der Waals surface area contributed by atoms with Crippen LogP contribution in [-0.4, -0.2) is 0 Å². The Morgan fingerprint density at radius 2 is 1.65 bits per heavy atom. The Balaban J connectivity index is -0.000000490. The van der Waals surface area contributed by atoms with Crippen LogP contribution in [0.1, 0.15) is 48.9 Å². The molecular formula is C16H28Ti. The summed E-state index contributed by atoms with van der Waals surface area (Å²) in [5.74, 6) is 0. The van der Waals surface area contributed by atoms with Crippen LogP contribution < -0.4 is 0 Å². The fourth-order valence-electron chi connectivity index (χ4n) is 2.68. The van der Waals surface area contributed by atoms with Crippen molar-refractivity contribution in [2.45, 2.75) is 52.4 Å². The van der Waals surface area contributed by atoms with Gasteiger partial charge in [-0.2, -0.15) is 22.3 Å². The molecule has 2 rings (SSSR count). The molecule has 1 aliphatic carbocycles. The zero-order valence-electron chi connectivity index (χ0n) is 12.3. The quantitative estimate of drug-likeness (QED) is 0.536. The Hall–Kier alpha value is 0.0643. The van der Waals surface area contributed by atoms with Gasteiger partial charge in [0, 0.05) is 0 Å². The predicted molar refractivity (Wildman–Crippen MR) is 76.7 cm³/mol. The van der Waals surface area contributed by atoms with Crippen LogP contribution in [0.5, 0.6) is 0 Å². The summed E-state index contributed by atoms with van der Waals surface area (Å²) in [6.07, 6.45) is 7.95. The Morgan fingerprint density at radius 1 is 1.06 bits per heavy atom. The van der Waals surface area contributed by atoms with Crippen molar-refractivity contribution < 1.29 is 21.7 Å². The van der Waals surface area contributed by atoms with Crippen LogP contribution in [0.4, 0.5) is 0 Å². The van der Waals surface area contributed by atoms with Gasteiger partial charge in [0.25, 0.3) is 0 Å². The third-order valence-corrected chi connectivity index (χ3v) is 3.35. The second-order valence-electron chi connectivity index (χ2n) is 4.07. The second-order valence-corrected chi connectivity index (χ2v) is 4.07. The van der Waals surface area contributed by atoms with Crippen molar-refractivity contribution in [3.05, 3.63) is 50.6 Å². The average molecular weight is 268 g/mol. The molecule has 0 heterocycles. The molecule has 0 amide bonds. The fourth-order valence-corrected chi connectivity index (χ4v) is 2.68. The third-order valence-electron chi connectivity index (χ3n) is 3.35. The molecule has 0 fully saturated rings. The van der Waals surface area contributed by atoms with Crippen LogP contribution in [0.3, 0.4) is 0 Å². The average Bonchev–Trinajstić information content (AvgIpc) is 2.55. The van der Waals surface area contributed by atoms with E-state index in [-0.39, 0.29) is 44.0 Å². The van der Waals surface area contributed by atoms with Gasteiger partial charge in [-0.25, -0.2) is 6.07 Å². The molecule has 1 heteroatoms. The van der Waals surface area contributed by atoms with Crippen molar-refractivity contribution in [2.24, 2.45) is 0 Å². The molecule has 0 nitrogen and oxygen atoms in total. The summed E-state index contributed by atoms with van der Waals surface area (Å²) < 4.78 is 0. The first-order chi connectivity index (χ1) is 6.36. The SMILES string of the molecule is CCc1cc2c([c-]1CC)CCCC2.[CH3-].[CH3-].[CH3-].[Ti+4]. The van der Waals surface area contributed by atoms with Gasteiger partial charge in [0.1, 0.15) is 0 Å². The van der Waals surface area contributed by atoms with Crippen molar-refractivity contribution in [3.63, 3.8) is 0 Å². The standard InChI is InChI=1S/C13H19.3CH3.Ti/c1-3-10-9-11-7-5-6-8-13(11)12(10)4-2;;;;/h9H,3-8H2,1-2H3;3*1H3;/q4*-1;+4. The summed E-state index contributed by atoms with van der Waals surface area (Å²) in [6.45, 7) is 4.57. The first-order valence-corrected chi connectivity index (χ1v) is 5.66. The largest absolute Gasteiger partial charge is 4.00 e. The van der Waals surface area contributed by atoms with Gasteiger partial charge in [-0.1, -0.05) is 52.4 Å². The van der Waals surface area contributed by atoms with Crippen molar-refractivity contribution >= 4 is 0 Å². The summed E-state index contributed by atoms with van der Waals surface area (Å²) in [5.41, 5.74) is 6.68. The van der Waals surface area contributed by atoms with Gasteiger partial charge < -0.3 is 22.3 Å². The second kappa shape index (κ2) is 10.0. The molecule has 0 aromatic heterocycles. The van der Waals surface area contributed by atoms with E-state index in [0.29, 0.717) is 0 Å². The number of aryl methyl sites for hydroxylation is 2. The molecule has 0 N–H and O–H groups in total. The smallest absolute Gasteiger partial charge is 0.358 e. The summed E-state index contributed by atoms with van der Waals surface area (Å²) >= 11 is 0. The van der Waals surface area contributed by atoms with E-state index in [1.807, 2.05) is 0 Å². The van der Waals surface area contributed by atoms with Crippen molar-refractivity contribution in [1.82, 2.24) is 0 Å². The Kier molecular flexibility index (Phi) is 13.1. The number of fused-ring (bicyclic) bond motifs is 1. The first kappa shape index (κ1) is 22.3. The monoisotopic (exact) mass is 268 g/mol. The maximum Gasteiger partial charge on any atom is 4.00 e. The minimum absolute atomic E-state index is 0. The topological polar surface area (TPSA) is 0 Å². The molecule has 1 aromatic rings. The Morgan fingerprint density at radius 3 is 2.18 bits per heavy atom.